The quantitative estimate of drug-likeness (QED) is 0.846. The van der Waals surface area contributed by atoms with E-state index in [0.29, 0.717) is 51.8 Å². The number of amides is 2. The molecule has 0 saturated carbocycles. The van der Waals surface area contributed by atoms with E-state index in [4.69, 9.17) is 13.9 Å². The number of hydrogen-bond acceptors (Lipinski definition) is 6. The third-order valence-electron chi connectivity index (χ3n) is 5.34. The SMILES string of the molecule is Cc1nc(C)c(CN2CCOC3(C2)CN(C(=O)NCc2ccccc2)CCO3)o1. The minimum absolute atomic E-state index is 0.0982. The molecule has 2 amide bonds. The predicted octanol–water partition coefficient (Wildman–Crippen LogP) is 2.06. The molecule has 1 spiro atoms. The second-order valence-corrected chi connectivity index (χ2v) is 7.63. The number of nitrogens with one attached hydrogen (secondary N) is 1. The maximum Gasteiger partial charge on any atom is 0.317 e. The molecule has 2 aliphatic rings. The normalized spacial score (nSPS) is 22.8. The van der Waals surface area contributed by atoms with Gasteiger partial charge in [-0.25, -0.2) is 9.78 Å². The van der Waals surface area contributed by atoms with Crippen LogP contribution in [-0.2, 0) is 22.6 Å². The largest absolute Gasteiger partial charge is 0.444 e. The molecule has 3 heterocycles. The fourth-order valence-electron chi connectivity index (χ4n) is 3.88. The zero-order chi connectivity index (χ0) is 20.3. The standard InChI is InChI=1S/C21H28N4O4/c1-16-19(29-17(2)23-16)13-24-8-10-27-21(14-24)15-25(9-11-28-21)20(26)22-12-18-6-4-3-5-7-18/h3-7H,8-15H2,1-2H3,(H,22,26). The first-order valence-electron chi connectivity index (χ1n) is 10.0. The van der Waals surface area contributed by atoms with Crippen LogP contribution in [-0.4, -0.2) is 66.0 Å². The van der Waals surface area contributed by atoms with E-state index < -0.39 is 5.79 Å². The minimum Gasteiger partial charge on any atom is -0.444 e. The van der Waals surface area contributed by atoms with Crippen LogP contribution in [0.25, 0.3) is 0 Å². The first kappa shape index (κ1) is 19.9. The highest BCUT2D eigenvalue weighted by Crippen LogP contribution is 2.26. The number of urea groups is 1. The molecule has 1 atom stereocenters. The second-order valence-electron chi connectivity index (χ2n) is 7.63. The van der Waals surface area contributed by atoms with Gasteiger partial charge in [0.25, 0.3) is 0 Å². The van der Waals surface area contributed by atoms with E-state index in [1.807, 2.05) is 44.2 Å². The van der Waals surface area contributed by atoms with Crippen molar-refractivity contribution in [2.24, 2.45) is 0 Å². The summed E-state index contributed by atoms with van der Waals surface area (Å²) in [5.74, 6) is 0.743. The van der Waals surface area contributed by atoms with Crippen LogP contribution in [0.2, 0.25) is 0 Å². The molecule has 0 aliphatic carbocycles. The van der Waals surface area contributed by atoms with Crippen molar-refractivity contribution in [3.63, 3.8) is 0 Å². The van der Waals surface area contributed by atoms with Gasteiger partial charge in [0, 0.05) is 26.6 Å². The predicted molar refractivity (Wildman–Crippen MR) is 106 cm³/mol. The third-order valence-corrected chi connectivity index (χ3v) is 5.34. The number of nitrogens with zero attached hydrogens (tertiary/aromatic N) is 3. The lowest BCUT2D eigenvalue weighted by Crippen LogP contribution is -2.63. The van der Waals surface area contributed by atoms with Gasteiger partial charge in [-0.1, -0.05) is 30.3 Å². The smallest absolute Gasteiger partial charge is 0.317 e. The molecular weight excluding hydrogens is 372 g/mol. The summed E-state index contributed by atoms with van der Waals surface area (Å²) in [5.41, 5.74) is 1.98. The highest BCUT2D eigenvalue weighted by molar-refractivity contribution is 5.74. The summed E-state index contributed by atoms with van der Waals surface area (Å²) >= 11 is 0. The molecule has 1 unspecified atom stereocenters. The summed E-state index contributed by atoms with van der Waals surface area (Å²) in [6, 6.07) is 9.79. The molecule has 2 fully saturated rings. The zero-order valence-corrected chi connectivity index (χ0v) is 17.0. The molecule has 29 heavy (non-hydrogen) atoms. The van der Waals surface area contributed by atoms with Gasteiger partial charge in [0.1, 0.15) is 5.76 Å². The van der Waals surface area contributed by atoms with Gasteiger partial charge in [-0.15, -0.1) is 0 Å². The lowest BCUT2D eigenvalue weighted by molar-refractivity contribution is -0.287. The fourth-order valence-corrected chi connectivity index (χ4v) is 3.88. The van der Waals surface area contributed by atoms with Crippen LogP contribution < -0.4 is 5.32 Å². The van der Waals surface area contributed by atoms with Crippen molar-refractivity contribution in [2.45, 2.75) is 32.7 Å². The van der Waals surface area contributed by atoms with Crippen molar-refractivity contribution in [1.82, 2.24) is 20.1 Å². The van der Waals surface area contributed by atoms with Crippen LogP contribution in [0.5, 0.6) is 0 Å². The molecule has 2 aliphatic heterocycles. The van der Waals surface area contributed by atoms with Crippen molar-refractivity contribution in [2.75, 3.05) is 39.4 Å². The zero-order valence-electron chi connectivity index (χ0n) is 17.0. The Morgan fingerprint density at radius 1 is 1.14 bits per heavy atom. The number of aryl methyl sites for hydroxylation is 2. The van der Waals surface area contributed by atoms with E-state index in [1.165, 1.54) is 0 Å². The number of oxazole rings is 1. The molecule has 0 radical (unpaired) electrons. The van der Waals surface area contributed by atoms with Crippen LogP contribution in [0, 0.1) is 13.8 Å². The Morgan fingerprint density at radius 2 is 1.90 bits per heavy atom. The number of carbonyl (C=O) groups is 1. The molecule has 156 valence electrons. The molecule has 2 aromatic rings. The summed E-state index contributed by atoms with van der Waals surface area (Å²) in [5, 5.41) is 2.99. The maximum absolute atomic E-state index is 12.7. The molecule has 8 nitrogen and oxygen atoms in total. The van der Waals surface area contributed by atoms with E-state index in [1.54, 1.807) is 4.90 Å². The highest BCUT2D eigenvalue weighted by atomic mass is 16.7. The summed E-state index contributed by atoms with van der Waals surface area (Å²) in [6.07, 6.45) is 0. The Balaban J connectivity index is 1.36. The van der Waals surface area contributed by atoms with Crippen LogP contribution in [0.3, 0.4) is 0 Å². The number of morpholine rings is 2. The first-order valence-corrected chi connectivity index (χ1v) is 10.0. The van der Waals surface area contributed by atoms with E-state index in [9.17, 15) is 4.79 Å². The Kier molecular flexibility index (Phi) is 5.84. The van der Waals surface area contributed by atoms with Crippen molar-refractivity contribution >= 4 is 6.03 Å². The molecule has 8 heteroatoms. The lowest BCUT2D eigenvalue weighted by Gasteiger charge is -2.47. The number of rotatable bonds is 4. The number of ether oxygens (including phenoxy) is 2. The summed E-state index contributed by atoms with van der Waals surface area (Å²) < 4.78 is 17.8. The number of benzene rings is 1. The maximum atomic E-state index is 12.7. The fraction of sp³-hybridized carbons (Fsp3) is 0.524. The van der Waals surface area contributed by atoms with Gasteiger partial charge in [-0.05, 0) is 12.5 Å². The Bertz CT molecular complexity index is 836. The van der Waals surface area contributed by atoms with Crippen molar-refractivity contribution < 1.29 is 18.7 Å². The van der Waals surface area contributed by atoms with E-state index in [2.05, 4.69) is 15.2 Å². The van der Waals surface area contributed by atoms with Crippen LogP contribution in [0.4, 0.5) is 4.79 Å². The van der Waals surface area contributed by atoms with Crippen molar-refractivity contribution in [3.8, 4) is 0 Å². The van der Waals surface area contributed by atoms with Crippen LogP contribution in [0.15, 0.2) is 34.7 Å². The lowest BCUT2D eigenvalue weighted by atomic mass is 10.1. The van der Waals surface area contributed by atoms with Crippen molar-refractivity contribution in [3.05, 3.63) is 53.2 Å². The molecular formula is C21H28N4O4. The summed E-state index contributed by atoms with van der Waals surface area (Å²) in [7, 11) is 0. The second kappa shape index (κ2) is 8.52. The topological polar surface area (TPSA) is 80.1 Å². The van der Waals surface area contributed by atoms with Gasteiger partial charge in [0.2, 0.25) is 0 Å². The molecule has 0 bridgehead atoms. The average molecular weight is 400 g/mol. The number of carbonyl (C=O) groups excluding carboxylic acids is 1. The molecule has 2 saturated heterocycles. The van der Waals surface area contributed by atoms with Gasteiger partial charge in [0.15, 0.2) is 11.7 Å². The number of aromatic nitrogens is 1. The van der Waals surface area contributed by atoms with Gasteiger partial charge >= 0.3 is 6.03 Å². The van der Waals surface area contributed by atoms with E-state index in [-0.39, 0.29) is 6.03 Å². The summed E-state index contributed by atoms with van der Waals surface area (Å²) in [6.45, 7) is 8.27. The van der Waals surface area contributed by atoms with Gasteiger partial charge in [-0.2, -0.15) is 0 Å². The first-order chi connectivity index (χ1) is 14.0. The minimum atomic E-state index is -0.802. The Morgan fingerprint density at radius 3 is 2.62 bits per heavy atom. The molecule has 1 aromatic carbocycles. The third kappa shape index (κ3) is 4.77. The summed E-state index contributed by atoms with van der Waals surface area (Å²) in [4.78, 5) is 21.0. The van der Waals surface area contributed by atoms with Gasteiger partial charge in [-0.3, -0.25) is 4.90 Å². The van der Waals surface area contributed by atoms with E-state index >= 15 is 0 Å². The molecule has 1 aromatic heterocycles. The molecule has 1 N–H and O–H groups in total. The Hall–Kier alpha value is -2.42. The van der Waals surface area contributed by atoms with Gasteiger partial charge in [0.05, 0.1) is 38.5 Å². The number of hydrogen-bond donors (Lipinski definition) is 1. The van der Waals surface area contributed by atoms with Crippen LogP contribution in [0.1, 0.15) is 22.9 Å². The average Bonchev–Trinajstić information content (AvgIpc) is 3.03. The van der Waals surface area contributed by atoms with Crippen LogP contribution >= 0.6 is 0 Å². The Labute approximate surface area is 170 Å². The van der Waals surface area contributed by atoms with Gasteiger partial charge < -0.3 is 24.1 Å². The highest BCUT2D eigenvalue weighted by Gasteiger charge is 2.43. The van der Waals surface area contributed by atoms with E-state index in [0.717, 1.165) is 23.6 Å². The van der Waals surface area contributed by atoms with Crippen molar-refractivity contribution in [1.29, 1.82) is 0 Å². The molecule has 4 rings (SSSR count). The monoisotopic (exact) mass is 400 g/mol.